The zero-order chi connectivity index (χ0) is 75.3. The van der Waals surface area contributed by atoms with E-state index in [0.29, 0.717) is 0 Å². The lowest BCUT2D eigenvalue weighted by atomic mass is 9.93. The maximum atomic E-state index is 2.47. The third-order valence-corrected chi connectivity index (χ3v) is 30.4. The van der Waals surface area contributed by atoms with Crippen molar-refractivity contribution in [3.8, 4) is 22.3 Å². The van der Waals surface area contributed by atoms with E-state index in [2.05, 4.69) is 402 Å². The summed E-state index contributed by atoms with van der Waals surface area (Å²) >= 11 is 0. The zero-order valence-corrected chi connectivity index (χ0v) is 69.1. The summed E-state index contributed by atoms with van der Waals surface area (Å²) in [7, 11) is -3.75. The van der Waals surface area contributed by atoms with Gasteiger partial charge in [-0.15, -0.1) is 0 Å². The first kappa shape index (κ1) is 73.8. The standard InChI is InChI=1S/2C52H48P2/c2*1-33-21-34(2)26-43(25-33)53(44-27-35(3)22-36(4)28-44)49-19-17-41-13-9-11-15-47(41)51(49)52-48-16-12-10-14-42(48)18-20-50(52)54(45-29-37(5)23-38(6)30-45)46-31-39(7)24-40(8)32-46/h2*9-32H,1-8H3. The van der Waals surface area contributed by atoms with Crippen LogP contribution < -0.4 is 63.7 Å². The smallest absolute Gasteiger partial charge is 0.000884 e. The maximum absolute atomic E-state index is 2.47. The van der Waals surface area contributed by atoms with Gasteiger partial charge in [-0.25, -0.2) is 0 Å². The van der Waals surface area contributed by atoms with Crippen LogP contribution in [0.4, 0.5) is 0 Å². The number of hydrogen-bond acceptors (Lipinski definition) is 0. The van der Waals surface area contributed by atoms with E-state index in [9.17, 15) is 0 Å². The summed E-state index contributed by atoms with van der Waals surface area (Å²) in [6, 6.07) is 113. The molecule has 16 aromatic rings. The van der Waals surface area contributed by atoms with Gasteiger partial charge >= 0.3 is 0 Å². The van der Waals surface area contributed by atoms with Gasteiger partial charge in [0.15, 0.2) is 0 Å². The van der Waals surface area contributed by atoms with E-state index in [1.807, 2.05) is 0 Å². The van der Waals surface area contributed by atoms with Gasteiger partial charge in [0, 0.05) is 0 Å². The first-order chi connectivity index (χ1) is 52.0. The number of benzene rings is 16. The topological polar surface area (TPSA) is 0 Å². The summed E-state index contributed by atoms with van der Waals surface area (Å²) in [6.45, 7) is 35.9. The third-order valence-electron chi connectivity index (χ3n) is 20.8. The van der Waals surface area contributed by atoms with E-state index >= 15 is 0 Å². The summed E-state index contributed by atoms with van der Waals surface area (Å²) < 4.78 is 0. The van der Waals surface area contributed by atoms with E-state index in [1.54, 1.807) is 0 Å². The molecule has 16 aromatic carbocycles. The Morgan fingerprint density at radius 3 is 0.407 bits per heavy atom. The van der Waals surface area contributed by atoms with E-state index in [4.69, 9.17) is 0 Å². The number of hydrogen-bond donors (Lipinski definition) is 0. The number of aryl methyl sites for hydroxylation is 16. The van der Waals surface area contributed by atoms with Gasteiger partial charge in [0.05, 0.1) is 0 Å². The Bertz CT molecular complexity index is 5070. The maximum Gasteiger partial charge on any atom is -0.000884 e. The lowest BCUT2D eigenvalue weighted by molar-refractivity contribution is 1.40. The fourth-order valence-electron chi connectivity index (χ4n) is 17.2. The van der Waals surface area contributed by atoms with Crippen LogP contribution in [-0.2, 0) is 0 Å². The Balaban J connectivity index is 0.000000172. The molecule has 0 saturated carbocycles. The van der Waals surface area contributed by atoms with Crippen LogP contribution in [0.2, 0.25) is 0 Å². The van der Waals surface area contributed by atoms with Crippen LogP contribution in [0, 0.1) is 111 Å². The normalized spacial score (nSPS) is 11.7. The molecule has 0 heterocycles. The summed E-state index contributed by atoms with van der Waals surface area (Å²) in [5.74, 6) is 0. The van der Waals surface area contributed by atoms with Gasteiger partial charge in [0.2, 0.25) is 0 Å². The van der Waals surface area contributed by atoms with E-state index in [1.165, 1.54) is 218 Å². The molecule has 0 fully saturated rings. The predicted octanol–water partition coefficient (Wildman–Crippen LogP) is 23.3. The van der Waals surface area contributed by atoms with Crippen LogP contribution in [0.5, 0.6) is 0 Å². The Morgan fingerprint density at radius 1 is 0.139 bits per heavy atom. The van der Waals surface area contributed by atoms with Crippen LogP contribution >= 0.6 is 31.7 Å². The second-order valence-electron chi connectivity index (χ2n) is 30.8. The SMILES string of the molecule is Cc1cc(C)cc(P(c2cc(C)cc(C)c2)c2ccc3ccccc3c2-c2c(P(c3cc(C)cc(C)c3)c3cc(C)cc(C)c3)ccc3ccccc23)c1.Cc1cc(C)cc(P(c2cc(C)cc(C)c2)c2ccc3ccccc3c2-c2c(P(c3cc(C)cc(C)c3)c3cc(C)cc(C)c3)ccc3ccccc23)c1. The molecule has 0 bridgehead atoms. The van der Waals surface area contributed by atoms with Crippen LogP contribution in [0.3, 0.4) is 0 Å². The van der Waals surface area contributed by atoms with E-state index in [0.717, 1.165) is 0 Å². The van der Waals surface area contributed by atoms with Crippen molar-refractivity contribution < 1.29 is 0 Å². The Morgan fingerprint density at radius 2 is 0.269 bits per heavy atom. The van der Waals surface area contributed by atoms with E-state index in [-0.39, 0.29) is 0 Å². The number of fused-ring (bicyclic) bond motifs is 4. The Hall–Kier alpha value is -9.72. The monoisotopic (exact) mass is 1470 g/mol. The minimum atomic E-state index is -0.937. The molecule has 0 atom stereocenters. The zero-order valence-electron chi connectivity index (χ0n) is 65.5. The fraction of sp³-hybridized carbons (Fsp3) is 0.154. The summed E-state index contributed by atoms with van der Waals surface area (Å²) in [5.41, 5.74) is 26.4. The lowest BCUT2D eigenvalue weighted by Crippen LogP contribution is -2.27. The van der Waals surface area contributed by atoms with Gasteiger partial charge in [-0.1, -0.05) is 380 Å². The van der Waals surface area contributed by atoms with Crippen molar-refractivity contribution >= 4 is 138 Å². The summed E-state index contributed by atoms with van der Waals surface area (Å²) in [5, 5.41) is 27.2. The summed E-state index contributed by atoms with van der Waals surface area (Å²) in [6.07, 6.45) is 0. The minimum absolute atomic E-state index is 0.937. The molecule has 0 spiro atoms. The number of rotatable bonds is 14. The molecular formula is C104H96P4. The molecule has 0 unspecified atom stereocenters. The van der Waals surface area contributed by atoms with Crippen LogP contribution in [0.15, 0.2) is 291 Å². The molecule has 0 N–H and O–H groups in total. The predicted molar refractivity (Wildman–Crippen MR) is 484 cm³/mol. The first-order valence-corrected chi connectivity index (χ1v) is 43.4. The molecule has 532 valence electrons. The van der Waals surface area contributed by atoms with Crippen molar-refractivity contribution in [1.82, 2.24) is 0 Å². The van der Waals surface area contributed by atoms with Crippen LogP contribution in [0.1, 0.15) is 89.0 Å². The molecule has 0 radical (unpaired) electrons. The van der Waals surface area contributed by atoms with E-state index < -0.39 is 31.7 Å². The van der Waals surface area contributed by atoms with Crippen molar-refractivity contribution in [1.29, 1.82) is 0 Å². The van der Waals surface area contributed by atoms with Crippen molar-refractivity contribution in [2.24, 2.45) is 0 Å². The van der Waals surface area contributed by atoms with Gasteiger partial charge in [0.25, 0.3) is 0 Å². The molecule has 0 nitrogen and oxygen atoms in total. The highest BCUT2D eigenvalue weighted by atomic mass is 31.1. The first-order valence-electron chi connectivity index (χ1n) is 38.0. The average Bonchev–Trinajstić information content (AvgIpc) is 0.736. The fourth-order valence-corrected chi connectivity index (χ4v) is 28.6. The second-order valence-corrected chi connectivity index (χ2v) is 39.6. The van der Waals surface area contributed by atoms with Crippen LogP contribution in [-0.4, -0.2) is 0 Å². The Labute approximate surface area is 647 Å². The molecular weight excluding hydrogens is 1370 g/mol. The average molecular weight is 1470 g/mol. The molecule has 0 aliphatic rings. The highest BCUT2D eigenvalue weighted by Gasteiger charge is 2.32. The third kappa shape index (κ3) is 15.4. The molecule has 0 aliphatic heterocycles. The molecule has 0 amide bonds. The van der Waals surface area contributed by atoms with Gasteiger partial charge < -0.3 is 0 Å². The quantitative estimate of drug-likeness (QED) is 0.0952. The van der Waals surface area contributed by atoms with Crippen molar-refractivity contribution in [3.63, 3.8) is 0 Å². The van der Waals surface area contributed by atoms with Gasteiger partial charge in [-0.05, 0) is 271 Å². The highest BCUT2D eigenvalue weighted by Crippen LogP contribution is 2.49. The molecule has 16 rings (SSSR count). The van der Waals surface area contributed by atoms with Gasteiger partial charge in [-0.3, -0.25) is 0 Å². The highest BCUT2D eigenvalue weighted by molar-refractivity contribution is 7.81. The molecule has 0 saturated heterocycles. The molecule has 0 aromatic heterocycles. The molecule has 4 heteroatoms. The lowest BCUT2D eigenvalue weighted by Gasteiger charge is -2.29. The van der Waals surface area contributed by atoms with Crippen molar-refractivity contribution in [3.05, 3.63) is 380 Å². The van der Waals surface area contributed by atoms with Crippen molar-refractivity contribution in [2.45, 2.75) is 111 Å². The van der Waals surface area contributed by atoms with Gasteiger partial charge in [-0.2, -0.15) is 0 Å². The van der Waals surface area contributed by atoms with Crippen LogP contribution in [0.25, 0.3) is 65.3 Å². The Kier molecular flexibility index (Phi) is 21.2. The van der Waals surface area contributed by atoms with Gasteiger partial charge in [0.1, 0.15) is 0 Å². The molecule has 108 heavy (non-hydrogen) atoms. The minimum Gasteiger partial charge on any atom is -0.0616 e. The second kappa shape index (κ2) is 31.1. The molecule has 0 aliphatic carbocycles. The van der Waals surface area contributed by atoms with Crippen molar-refractivity contribution in [2.75, 3.05) is 0 Å². The largest absolute Gasteiger partial charge is 0.0616 e. The summed E-state index contributed by atoms with van der Waals surface area (Å²) in [4.78, 5) is 0.